The lowest BCUT2D eigenvalue weighted by Crippen LogP contribution is -2.38. The Kier molecular flexibility index (Phi) is 5.95. The zero-order valence-corrected chi connectivity index (χ0v) is 17.8. The van der Waals surface area contributed by atoms with Gasteiger partial charge in [0.25, 0.3) is 0 Å². The Balaban J connectivity index is 1.88. The smallest absolute Gasteiger partial charge is 0.250 e. The number of rotatable bonds is 5. The van der Waals surface area contributed by atoms with E-state index in [1.807, 2.05) is 11.0 Å². The number of hydrogen-bond donors (Lipinski definition) is 0. The number of hydrogen-bond acceptors (Lipinski definition) is 3. The van der Waals surface area contributed by atoms with Crippen molar-refractivity contribution < 1.29 is 9.59 Å². The first-order chi connectivity index (χ1) is 12.7. The molecule has 0 aromatic heterocycles. The highest BCUT2D eigenvalue weighted by Gasteiger charge is 2.31. The van der Waals surface area contributed by atoms with Crippen LogP contribution in [-0.4, -0.2) is 29.7 Å². The second kappa shape index (κ2) is 8.05. The Labute approximate surface area is 166 Å². The lowest BCUT2D eigenvalue weighted by Gasteiger charge is -2.30. The fraction of sp³-hybridized carbons (Fsp3) is 0.478. The van der Waals surface area contributed by atoms with E-state index in [0.29, 0.717) is 23.8 Å². The molecule has 1 aliphatic carbocycles. The van der Waals surface area contributed by atoms with Crippen molar-refractivity contribution in [2.24, 2.45) is 11.8 Å². The van der Waals surface area contributed by atoms with Crippen LogP contribution >= 0.6 is 11.8 Å². The third kappa shape index (κ3) is 4.55. The first kappa shape index (κ1) is 19.9. The minimum atomic E-state index is 0.0209. The van der Waals surface area contributed by atoms with E-state index in [-0.39, 0.29) is 18.1 Å². The predicted octanol–water partition coefficient (Wildman–Crippen LogP) is 4.94. The Hall–Kier alpha value is -1.81. The van der Waals surface area contributed by atoms with Crippen molar-refractivity contribution in [1.29, 1.82) is 0 Å². The van der Waals surface area contributed by atoms with Crippen LogP contribution in [0.15, 0.2) is 45.2 Å². The summed E-state index contributed by atoms with van der Waals surface area (Å²) in [6.07, 6.45) is 2.88. The van der Waals surface area contributed by atoms with Gasteiger partial charge in [-0.15, -0.1) is 0 Å². The molecule has 27 heavy (non-hydrogen) atoms. The molecule has 1 amide bonds. The van der Waals surface area contributed by atoms with Crippen LogP contribution in [0.25, 0.3) is 0 Å². The minimum absolute atomic E-state index is 0.0209. The SMILES string of the molecule is Cc1ccc2c(c1)CC1=C(C=C(C(=O)N(CC(C)C)CC(C)C)CC1=O)S2. The van der Waals surface area contributed by atoms with Gasteiger partial charge in [-0.3, -0.25) is 9.59 Å². The number of carbonyl (C=O) groups excluding carboxylic acids is 2. The van der Waals surface area contributed by atoms with Gasteiger partial charge in [-0.05, 0) is 36.5 Å². The second-order valence-corrected chi connectivity index (χ2v) is 9.58. The van der Waals surface area contributed by atoms with Crippen LogP contribution < -0.4 is 0 Å². The van der Waals surface area contributed by atoms with Crippen molar-refractivity contribution >= 4 is 23.5 Å². The number of fused-ring (bicyclic) bond motifs is 1. The minimum Gasteiger partial charge on any atom is -0.338 e. The summed E-state index contributed by atoms with van der Waals surface area (Å²) in [5.74, 6) is 0.931. The van der Waals surface area contributed by atoms with Crippen LogP contribution in [0.3, 0.4) is 0 Å². The molecule has 1 aromatic carbocycles. The summed E-state index contributed by atoms with van der Waals surface area (Å²) < 4.78 is 0. The Bertz CT molecular complexity index is 823. The lowest BCUT2D eigenvalue weighted by molar-refractivity contribution is -0.129. The molecule has 0 bridgehead atoms. The van der Waals surface area contributed by atoms with Crippen LogP contribution in [0.4, 0.5) is 0 Å². The highest BCUT2D eigenvalue weighted by Crippen LogP contribution is 2.42. The summed E-state index contributed by atoms with van der Waals surface area (Å²) >= 11 is 1.63. The van der Waals surface area contributed by atoms with Gasteiger partial charge in [0.15, 0.2) is 5.78 Å². The monoisotopic (exact) mass is 383 g/mol. The van der Waals surface area contributed by atoms with Gasteiger partial charge in [0.1, 0.15) is 0 Å². The van der Waals surface area contributed by atoms with E-state index < -0.39 is 0 Å². The first-order valence-corrected chi connectivity index (χ1v) is 10.6. The van der Waals surface area contributed by atoms with Gasteiger partial charge in [0.05, 0.1) is 0 Å². The number of thioether (sulfide) groups is 1. The first-order valence-electron chi connectivity index (χ1n) is 9.78. The molecule has 1 aromatic rings. The Morgan fingerprint density at radius 1 is 1.11 bits per heavy atom. The van der Waals surface area contributed by atoms with Crippen molar-refractivity contribution in [1.82, 2.24) is 4.90 Å². The number of allylic oxidation sites excluding steroid dienone is 2. The number of Topliss-reactive ketones (excluding diaryl/α,β-unsaturated/α-hetero) is 1. The number of amides is 1. The second-order valence-electron chi connectivity index (χ2n) is 8.50. The Morgan fingerprint density at radius 3 is 2.41 bits per heavy atom. The highest BCUT2D eigenvalue weighted by atomic mass is 32.2. The zero-order chi connectivity index (χ0) is 19.7. The lowest BCUT2D eigenvalue weighted by atomic mass is 9.90. The van der Waals surface area contributed by atoms with Crippen molar-refractivity contribution in [2.45, 2.75) is 52.4 Å². The van der Waals surface area contributed by atoms with E-state index in [1.54, 1.807) is 11.8 Å². The molecule has 0 fully saturated rings. The third-order valence-corrected chi connectivity index (χ3v) is 6.03. The maximum absolute atomic E-state index is 13.2. The number of benzene rings is 1. The van der Waals surface area contributed by atoms with E-state index in [2.05, 4.69) is 52.8 Å². The predicted molar refractivity (Wildman–Crippen MR) is 112 cm³/mol. The quantitative estimate of drug-likeness (QED) is 0.723. The summed E-state index contributed by atoms with van der Waals surface area (Å²) in [5.41, 5.74) is 3.94. The molecule has 0 saturated carbocycles. The van der Waals surface area contributed by atoms with Gasteiger partial charge in [-0.25, -0.2) is 0 Å². The molecule has 0 saturated heterocycles. The molecular weight excluding hydrogens is 354 g/mol. The molecule has 0 N–H and O–H groups in total. The van der Waals surface area contributed by atoms with Gasteiger partial charge < -0.3 is 4.90 Å². The molecule has 3 nitrogen and oxygen atoms in total. The number of carbonyl (C=O) groups is 2. The average molecular weight is 384 g/mol. The third-order valence-electron chi connectivity index (χ3n) is 4.83. The molecule has 3 rings (SSSR count). The highest BCUT2D eigenvalue weighted by molar-refractivity contribution is 8.03. The van der Waals surface area contributed by atoms with E-state index in [4.69, 9.17) is 0 Å². The van der Waals surface area contributed by atoms with Crippen LogP contribution in [0, 0.1) is 18.8 Å². The molecule has 0 radical (unpaired) electrons. The molecule has 1 aliphatic heterocycles. The molecule has 0 spiro atoms. The van der Waals surface area contributed by atoms with Gasteiger partial charge in [-0.1, -0.05) is 57.2 Å². The fourth-order valence-electron chi connectivity index (χ4n) is 3.71. The van der Waals surface area contributed by atoms with Crippen molar-refractivity contribution in [2.75, 3.05) is 13.1 Å². The topological polar surface area (TPSA) is 37.4 Å². The summed E-state index contributed by atoms with van der Waals surface area (Å²) in [7, 11) is 0. The number of aryl methyl sites for hydroxylation is 1. The number of ketones is 1. The van der Waals surface area contributed by atoms with E-state index in [1.165, 1.54) is 16.0 Å². The van der Waals surface area contributed by atoms with Gasteiger partial charge in [0.2, 0.25) is 5.91 Å². The molecule has 0 atom stereocenters. The number of nitrogens with zero attached hydrogens (tertiary/aromatic N) is 1. The molecule has 4 heteroatoms. The molecule has 1 heterocycles. The van der Waals surface area contributed by atoms with Gasteiger partial charge in [0, 0.05) is 46.9 Å². The van der Waals surface area contributed by atoms with Crippen LogP contribution in [0.2, 0.25) is 0 Å². The van der Waals surface area contributed by atoms with Crippen LogP contribution in [-0.2, 0) is 16.0 Å². The van der Waals surface area contributed by atoms with Crippen LogP contribution in [0.5, 0.6) is 0 Å². The van der Waals surface area contributed by atoms with E-state index in [9.17, 15) is 9.59 Å². The van der Waals surface area contributed by atoms with Crippen molar-refractivity contribution in [3.63, 3.8) is 0 Å². The average Bonchev–Trinajstić information content (AvgIpc) is 2.58. The standard InChI is InChI=1S/C23H29NO2S/c1-14(2)12-24(13-15(3)4)23(26)18-10-20(25)19-9-17-8-16(5)6-7-21(17)27-22(19)11-18/h6-8,11,14-15H,9-10,12-13H2,1-5H3. The largest absolute Gasteiger partial charge is 0.338 e. The van der Waals surface area contributed by atoms with E-state index in [0.717, 1.165) is 23.6 Å². The fourth-order valence-corrected chi connectivity index (χ4v) is 4.85. The summed E-state index contributed by atoms with van der Waals surface area (Å²) in [6, 6.07) is 6.39. The van der Waals surface area contributed by atoms with Crippen molar-refractivity contribution in [3.8, 4) is 0 Å². The van der Waals surface area contributed by atoms with Crippen LogP contribution in [0.1, 0.15) is 45.2 Å². The van der Waals surface area contributed by atoms with Gasteiger partial charge >= 0.3 is 0 Å². The summed E-state index contributed by atoms with van der Waals surface area (Å²) in [4.78, 5) is 30.0. The molecular formula is C23H29NO2S. The van der Waals surface area contributed by atoms with Gasteiger partial charge in [-0.2, -0.15) is 0 Å². The van der Waals surface area contributed by atoms with E-state index >= 15 is 0 Å². The Morgan fingerprint density at radius 2 is 1.78 bits per heavy atom. The normalized spacial score (nSPS) is 16.4. The molecule has 0 unspecified atom stereocenters. The summed E-state index contributed by atoms with van der Waals surface area (Å²) in [6.45, 7) is 12.0. The summed E-state index contributed by atoms with van der Waals surface area (Å²) in [5, 5.41) is 0. The molecule has 144 valence electrons. The van der Waals surface area contributed by atoms with Crippen molar-refractivity contribution in [3.05, 3.63) is 51.5 Å². The maximum atomic E-state index is 13.2. The zero-order valence-electron chi connectivity index (χ0n) is 17.0. The molecule has 2 aliphatic rings. The maximum Gasteiger partial charge on any atom is 0.250 e.